The van der Waals surface area contributed by atoms with Crippen molar-refractivity contribution in [3.63, 3.8) is 0 Å². The number of aromatic nitrogens is 2. The molecule has 0 bridgehead atoms. The highest BCUT2D eigenvalue weighted by molar-refractivity contribution is 5.80. The standard InChI is InChI=1S/C20H16N2O/c1-2-8-15(9-3-1)14-23-19-13-7-4-10-16(19)20-21-17-11-5-6-12-18(17)22-20/h1-13H,14H2,(H,21,22). The second-order valence-corrected chi connectivity index (χ2v) is 5.37. The minimum atomic E-state index is 0.540. The Hall–Kier alpha value is -3.07. The van der Waals surface area contributed by atoms with Crippen LogP contribution in [0.2, 0.25) is 0 Å². The average Bonchev–Trinajstić information content (AvgIpc) is 3.05. The molecule has 0 atom stereocenters. The molecule has 4 rings (SSSR count). The molecule has 0 radical (unpaired) electrons. The summed E-state index contributed by atoms with van der Waals surface area (Å²) in [6.45, 7) is 0.540. The summed E-state index contributed by atoms with van der Waals surface area (Å²) in [4.78, 5) is 8.02. The maximum absolute atomic E-state index is 6.01. The highest BCUT2D eigenvalue weighted by atomic mass is 16.5. The van der Waals surface area contributed by atoms with E-state index >= 15 is 0 Å². The number of para-hydroxylation sites is 3. The van der Waals surface area contributed by atoms with E-state index in [4.69, 9.17) is 4.74 Å². The monoisotopic (exact) mass is 300 g/mol. The van der Waals surface area contributed by atoms with Crippen LogP contribution in [-0.4, -0.2) is 9.97 Å². The molecular weight excluding hydrogens is 284 g/mol. The van der Waals surface area contributed by atoms with Crippen molar-refractivity contribution < 1.29 is 4.74 Å². The van der Waals surface area contributed by atoms with Crippen molar-refractivity contribution >= 4 is 11.0 Å². The van der Waals surface area contributed by atoms with E-state index in [9.17, 15) is 0 Å². The molecule has 23 heavy (non-hydrogen) atoms. The molecule has 3 heteroatoms. The van der Waals surface area contributed by atoms with Crippen LogP contribution in [0.25, 0.3) is 22.4 Å². The second-order valence-electron chi connectivity index (χ2n) is 5.37. The topological polar surface area (TPSA) is 37.9 Å². The smallest absolute Gasteiger partial charge is 0.142 e. The lowest BCUT2D eigenvalue weighted by molar-refractivity contribution is 0.307. The summed E-state index contributed by atoms with van der Waals surface area (Å²) in [6.07, 6.45) is 0. The number of imidazole rings is 1. The molecule has 0 aliphatic heterocycles. The van der Waals surface area contributed by atoms with Crippen LogP contribution in [0.4, 0.5) is 0 Å². The molecule has 1 aromatic heterocycles. The Morgan fingerprint density at radius 2 is 1.52 bits per heavy atom. The van der Waals surface area contributed by atoms with Crippen molar-refractivity contribution in [1.82, 2.24) is 9.97 Å². The summed E-state index contributed by atoms with van der Waals surface area (Å²) in [5, 5.41) is 0. The van der Waals surface area contributed by atoms with E-state index in [0.29, 0.717) is 6.61 Å². The normalized spacial score (nSPS) is 10.8. The van der Waals surface area contributed by atoms with Gasteiger partial charge in [-0.25, -0.2) is 4.98 Å². The molecular formula is C20H16N2O. The molecule has 1 N–H and O–H groups in total. The summed E-state index contributed by atoms with van der Waals surface area (Å²) in [5.74, 6) is 1.66. The van der Waals surface area contributed by atoms with Crippen molar-refractivity contribution in [2.45, 2.75) is 6.61 Å². The third-order valence-corrected chi connectivity index (χ3v) is 3.77. The van der Waals surface area contributed by atoms with Crippen LogP contribution >= 0.6 is 0 Å². The first kappa shape index (κ1) is 13.6. The van der Waals surface area contributed by atoms with Gasteiger partial charge in [0.05, 0.1) is 16.6 Å². The van der Waals surface area contributed by atoms with E-state index < -0.39 is 0 Å². The number of rotatable bonds is 4. The van der Waals surface area contributed by atoms with Crippen molar-refractivity contribution in [2.75, 3.05) is 0 Å². The number of H-pyrrole nitrogens is 1. The van der Waals surface area contributed by atoms with Gasteiger partial charge in [-0.1, -0.05) is 54.6 Å². The molecule has 0 unspecified atom stereocenters. The highest BCUT2D eigenvalue weighted by Crippen LogP contribution is 2.29. The van der Waals surface area contributed by atoms with Gasteiger partial charge in [0.15, 0.2) is 0 Å². The molecule has 3 aromatic carbocycles. The molecule has 0 fully saturated rings. The van der Waals surface area contributed by atoms with E-state index in [2.05, 4.69) is 22.1 Å². The predicted octanol–water partition coefficient (Wildman–Crippen LogP) is 4.81. The van der Waals surface area contributed by atoms with Crippen LogP contribution in [0.3, 0.4) is 0 Å². The highest BCUT2D eigenvalue weighted by Gasteiger charge is 2.10. The maximum Gasteiger partial charge on any atom is 0.142 e. The van der Waals surface area contributed by atoms with Crippen molar-refractivity contribution in [3.05, 3.63) is 84.4 Å². The van der Waals surface area contributed by atoms with Crippen LogP contribution in [0.1, 0.15) is 5.56 Å². The summed E-state index contributed by atoms with van der Waals surface area (Å²) in [6, 6.07) is 26.2. The van der Waals surface area contributed by atoms with Gasteiger partial charge >= 0.3 is 0 Å². The Bertz CT molecular complexity index is 895. The Labute approximate surface area is 134 Å². The van der Waals surface area contributed by atoms with Gasteiger partial charge in [-0.2, -0.15) is 0 Å². The molecule has 112 valence electrons. The van der Waals surface area contributed by atoms with Crippen molar-refractivity contribution in [3.8, 4) is 17.1 Å². The van der Waals surface area contributed by atoms with Gasteiger partial charge in [0.2, 0.25) is 0 Å². The largest absolute Gasteiger partial charge is 0.488 e. The second kappa shape index (κ2) is 5.97. The molecule has 0 amide bonds. The lowest BCUT2D eigenvalue weighted by Crippen LogP contribution is -1.97. The number of hydrogen-bond donors (Lipinski definition) is 1. The van der Waals surface area contributed by atoms with Gasteiger partial charge in [0, 0.05) is 0 Å². The van der Waals surface area contributed by atoms with E-state index in [-0.39, 0.29) is 0 Å². The van der Waals surface area contributed by atoms with Gasteiger partial charge in [-0.05, 0) is 29.8 Å². The lowest BCUT2D eigenvalue weighted by atomic mass is 10.2. The number of nitrogens with one attached hydrogen (secondary N) is 1. The zero-order valence-corrected chi connectivity index (χ0v) is 12.6. The van der Waals surface area contributed by atoms with Gasteiger partial charge in [-0.3, -0.25) is 0 Å². The zero-order valence-electron chi connectivity index (χ0n) is 12.6. The van der Waals surface area contributed by atoms with Gasteiger partial charge in [-0.15, -0.1) is 0 Å². The van der Waals surface area contributed by atoms with Crippen LogP contribution in [0.5, 0.6) is 5.75 Å². The fraction of sp³-hybridized carbons (Fsp3) is 0.0500. The fourth-order valence-corrected chi connectivity index (χ4v) is 2.60. The van der Waals surface area contributed by atoms with Crippen molar-refractivity contribution in [2.24, 2.45) is 0 Å². The Morgan fingerprint density at radius 1 is 0.783 bits per heavy atom. The maximum atomic E-state index is 6.01. The Balaban J connectivity index is 1.66. The SMILES string of the molecule is c1ccc(COc2ccccc2-c2nc3ccccc3[nH]2)cc1. The minimum absolute atomic E-state index is 0.540. The molecule has 0 aliphatic carbocycles. The molecule has 0 saturated carbocycles. The number of hydrogen-bond acceptors (Lipinski definition) is 2. The number of fused-ring (bicyclic) bond motifs is 1. The third-order valence-electron chi connectivity index (χ3n) is 3.77. The summed E-state index contributed by atoms with van der Waals surface area (Å²) in [7, 11) is 0. The van der Waals surface area contributed by atoms with E-state index in [1.807, 2.05) is 66.7 Å². The Morgan fingerprint density at radius 3 is 2.39 bits per heavy atom. The van der Waals surface area contributed by atoms with Crippen LogP contribution < -0.4 is 4.74 Å². The van der Waals surface area contributed by atoms with E-state index in [1.165, 1.54) is 0 Å². The molecule has 1 heterocycles. The zero-order chi connectivity index (χ0) is 15.5. The first-order valence-electron chi connectivity index (χ1n) is 7.61. The molecule has 0 spiro atoms. The first-order chi connectivity index (χ1) is 11.4. The summed E-state index contributed by atoms with van der Waals surface area (Å²) < 4.78 is 6.01. The quantitative estimate of drug-likeness (QED) is 0.587. The Kier molecular flexibility index (Phi) is 3.53. The number of ether oxygens (including phenoxy) is 1. The minimum Gasteiger partial charge on any atom is -0.488 e. The molecule has 0 saturated heterocycles. The van der Waals surface area contributed by atoms with Crippen LogP contribution in [0, 0.1) is 0 Å². The first-order valence-corrected chi connectivity index (χ1v) is 7.61. The predicted molar refractivity (Wildman–Crippen MR) is 92.3 cm³/mol. The lowest BCUT2D eigenvalue weighted by Gasteiger charge is -2.10. The van der Waals surface area contributed by atoms with Crippen molar-refractivity contribution in [1.29, 1.82) is 0 Å². The van der Waals surface area contributed by atoms with Crippen LogP contribution in [0.15, 0.2) is 78.9 Å². The molecule has 3 nitrogen and oxygen atoms in total. The summed E-state index contributed by atoms with van der Waals surface area (Å²) >= 11 is 0. The number of benzene rings is 3. The number of aromatic amines is 1. The van der Waals surface area contributed by atoms with Crippen LogP contribution in [-0.2, 0) is 6.61 Å². The average molecular weight is 300 g/mol. The van der Waals surface area contributed by atoms with Gasteiger partial charge in [0.25, 0.3) is 0 Å². The van der Waals surface area contributed by atoms with Gasteiger partial charge < -0.3 is 9.72 Å². The molecule has 0 aliphatic rings. The molecule has 4 aromatic rings. The number of nitrogens with zero attached hydrogens (tertiary/aromatic N) is 1. The summed E-state index contributed by atoms with van der Waals surface area (Å²) in [5.41, 5.74) is 4.10. The fourth-order valence-electron chi connectivity index (χ4n) is 2.60. The van der Waals surface area contributed by atoms with Gasteiger partial charge in [0.1, 0.15) is 18.2 Å². The third kappa shape index (κ3) is 2.81. The van der Waals surface area contributed by atoms with E-state index in [1.54, 1.807) is 0 Å². The van der Waals surface area contributed by atoms with E-state index in [0.717, 1.165) is 33.7 Å².